The Morgan fingerprint density at radius 3 is 0.985 bits per heavy atom. The van der Waals surface area contributed by atoms with Crippen LogP contribution in [0.4, 0.5) is 0 Å². The Labute approximate surface area is 400 Å². The van der Waals surface area contributed by atoms with Crippen molar-refractivity contribution in [3.8, 4) is 0 Å². The highest BCUT2D eigenvalue weighted by atomic mass is 16.6. The van der Waals surface area contributed by atoms with Gasteiger partial charge in [0.15, 0.2) is 6.10 Å². The zero-order valence-corrected chi connectivity index (χ0v) is 42.2. The summed E-state index contributed by atoms with van der Waals surface area (Å²) in [5.41, 5.74) is 0. The summed E-state index contributed by atoms with van der Waals surface area (Å²) in [5.74, 6) is -1.04. The smallest absolute Gasteiger partial charge is 0.306 e. The van der Waals surface area contributed by atoms with Crippen LogP contribution in [0.3, 0.4) is 0 Å². The molecule has 0 unspecified atom stereocenters. The van der Waals surface area contributed by atoms with E-state index in [1.54, 1.807) is 0 Å². The van der Waals surface area contributed by atoms with Crippen molar-refractivity contribution in [3.63, 3.8) is 0 Å². The first-order valence-corrected chi connectivity index (χ1v) is 26.7. The van der Waals surface area contributed by atoms with E-state index in [0.717, 1.165) is 77.0 Å². The van der Waals surface area contributed by atoms with E-state index in [2.05, 4.69) is 112 Å². The van der Waals surface area contributed by atoms with Crippen LogP contribution < -0.4 is 0 Å². The molecule has 0 aliphatic rings. The monoisotopic (exact) mass is 903 g/mol. The molecule has 0 aromatic rings. The third kappa shape index (κ3) is 51.2. The zero-order chi connectivity index (χ0) is 47.2. The van der Waals surface area contributed by atoms with Gasteiger partial charge in [0.25, 0.3) is 0 Å². The molecule has 0 aromatic heterocycles. The third-order valence-electron chi connectivity index (χ3n) is 11.1. The molecule has 65 heavy (non-hydrogen) atoms. The Hall–Kier alpha value is -3.67. The first kappa shape index (κ1) is 61.3. The van der Waals surface area contributed by atoms with Crippen molar-refractivity contribution >= 4 is 17.9 Å². The highest BCUT2D eigenvalue weighted by Gasteiger charge is 2.19. The van der Waals surface area contributed by atoms with Crippen LogP contribution in [-0.4, -0.2) is 37.2 Å². The van der Waals surface area contributed by atoms with E-state index in [0.29, 0.717) is 19.3 Å². The largest absolute Gasteiger partial charge is 0.462 e. The Balaban J connectivity index is 4.55. The Bertz CT molecular complexity index is 1310. The van der Waals surface area contributed by atoms with Gasteiger partial charge >= 0.3 is 17.9 Å². The van der Waals surface area contributed by atoms with E-state index in [1.165, 1.54) is 116 Å². The average molecular weight is 903 g/mol. The van der Waals surface area contributed by atoms with E-state index in [9.17, 15) is 14.4 Å². The molecule has 370 valence electrons. The van der Waals surface area contributed by atoms with Crippen molar-refractivity contribution in [2.45, 2.75) is 245 Å². The SMILES string of the molecule is CCCCC/C=C\C/C=C\C/C=C\C/C=C\C/C=C\CCC(=O)OC[C@H](COC(=O)CCCC/C=C\C/C=C\C/C=C\CCCCC)OC(=O)CCCCCCCCCCCCCCC. The molecule has 0 saturated carbocycles. The number of esters is 3. The minimum absolute atomic E-state index is 0.119. The Kier molecular flexibility index (Phi) is 50.0. The first-order chi connectivity index (χ1) is 32.0. The number of hydrogen-bond acceptors (Lipinski definition) is 6. The average Bonchev–Trinajstić information content (AvgIpc) is 3.30. The summed E-state index contributed by atoms with van der Waals surface area (Å²) in [4.78, 5) is 38.0. The van der Waals surface area contributed by atoms with Gasteiger partial charge in [-0.3, -0.25) is 14.4 Å². The minimum atomic E-state index is -0.821. The van der Waals surface area contributed by atoms with E-state index in [4.69, 9.17) is 14.2 Å². The Morgan fingerprint density at radius 2 is 0.585 bits per heavy atom. The van der Waals surface area contributed by atoms with Crippen LogP contribution in [0.2, 0.25) is 0 Å². The van der Waals surface area contributed by atoms with Gasteiger partial charge in [0.1, 0.15) is 13.2 Å². The number of unbranched alkanes of at least 4 members (excludes halogenated alkanes) is 20. The fraction of sp³-hybridized carbons (Fsp3) is 0.678. The first-order valence-electron chi connectivity index (χ1n) is 26.7. The minimum Gasteiger partial charge on any atom is -0.462 e. The van der Waals surface area contributed by atoms with Crippen LogP contribution >= 0.6 is 0 Å². The quantitative estimate of drug-likeness (QED) is 0.0262. The van der Waals surface area contributed by atoms with Gasteiger partial charge in [-0.15, -0.1) is 0 Å². The topological polar surface area (TPSA) is 78.9 Å². The summed E-state index contributed by atoms with van der Waals surface area (Å²) >= 11 is 0. The lowest BCUT2D eigenvalue weighted by molar-refractivity contribution is -0.166. The lowest BCUT2D eigenvalue weighted by Gasteiger charge is -2.18. The number of ether oxygens (including phenoxy) is 3. The number of hydrogen-bond donors (Lipinski definition) is 0. The molecule has 0 N–H and O–H groups in total. The van der Waals surface area contributed by atoms with Crippen molar-refractivity contribution in [1.82, 2.24) is 0 Å². The molecule has 0 heterocycles. The van der Waals surface area contributed by atoms with Gasteiger partial charge < -0.3 is 14.2 Å². The van der Waals surface area contributed by atoms with Crippen LogP contribution in [0.1, 0.15) is 239 Å². The van der Waals surface area contributed by atoms with E-state index in [1.807, 2.05) is 6.08 Å². The molecular weight excluding hydrogens is 805 g/mol. The van der Waals surface area contributed by atoms with E-state index in [-0.39, 0.29) is 37.5 Å². The van der Waals surface area contributed by atoms with Crippen LogP contribution in [0, 0.1) is 0 Å². The number of carbonyl (C=O) groups is 3. The molecule has 0 amide bonds. The van der Waals surface area contributed by atoms with Crippen LogP contribution in [0.15, 0.2) is 97.2 Å². The maximum Gasteiger partial charge on any atom is 0.306 e. The fourth-order valence-corrected chi connectivity index (χ4v) is 7.02. The van der Waals surface area contributed by atoms with Crippen LogP contribution in [0.5, 0.6) is 0 Å². The molecule has 0 aromatic carbocycles. The fourth-order valence-electron chi connectivity index (χ4n) is 7.02. The predicted octanol–water partition coefficient (Wildman–Crippen LogP) is 17.8. The molecule has 0 aliphatic heterocycles. The van der Waals surface area contributed by atoms with Gasteiger partial charge in [0.05, 0.1) is 0 Å². The molecule has 0 fully saturated rings. The molecule has 0 aliphatic carbocycles. The van der Waals surface area contributed by atoms with Crippen LogP contribution in [0.25, 0.3) is 0 Å². The van der Waals surface area contributed by atoms with E-state index >= 15 is 0 Å². The van der Waals surface area contributed by atoms with Gasteiger partial charge in [-0.2, -0.15) is 0 Å². The number of carbonyl (C=O) groups excluding carboxylic acids is 3. The van der Waals surface area contributed by atoms with Gasteiger partial charge in [-0.05, 0) is 96.3 Å². The molecule has 0 rings (SSSR count). The number of rotatable bonds is 47. The summed E-state index contributed by atoms with van der Waals surface area (Å²) in [7, 11) is 0. The lowest BCUT2D eigenvalue weighted by Crippen LogP contribution is -2.30. The van der Waals surface area contributed by atoms with Crippen molar-refractivity contribution in [1.29, 1.82) is 0 Å². The molecule has 6 nitrogen and oxygen atoms in total. The van der Waals surface area contributed by atoms with E-state index < -0.39 is 6.10 Å². The molecule has 0 saturated heterocycles. The van der Waals surface area contributed by atoms with Crippen molar-refractivity contribution in [3.05, 3.63) is 97.2 Å². The normalized spacial score (nSPS) is 12.8. The zero-order valence-electron chi connectivity index (χ0n) is 42.2. The molecule has 0 radical (unpaired) electrons. The predicted molar refractivity (Wildman–Crippen MR) is 279 cm³/mol. The summed E-state index contributed by atoms with van der Waals surface area (Å²) in [6.45, 7) is 6.48. The lowest BCUT2D eigenvalue weighted by atomic mass is 10.0. The molecular formula is C59H98O6. The summed E-state index contributed by atoms with van der Waals surface area (Å²) in [5, 5.41) is 0. The summed E-state index contributed by atoms with van der Waals surface area (Å²) in [6.07, 6.45) is 69.7. The van der Waals surface area contributed by atoms with Crippen molar-refractivity contribution < 1.29 is 28.6 Å². The maximum atomic E-state index is 12.8. The summed E-state index contributed by atoms with van der Waals surface area (Å²) < 4.78 is 16.7. The molecule has 0 spiro atoms. The highest BCUT2D eigenvalue weighted by molar-refractivity contribution is 5.71. The van der Waals surface area contributed by atoms with Gasteiger partial charge in [-0.1, -0.05) is 221 Å². The second-order valence-electron chi connectivity index (χ2n) is 17.4. The van der Waals surface area contributed by atoms with Gasteiger partial charge in [0.2, 0.25) is 0 Å². The van der Waals surface area contributed by atoms with Gasteiger partial charge in [-0.25, -0.2) is 0 Å². The van der Waals surface area contributed by atoms with Crippen molar-refractivity contribution in [2.75, 3.05) is 13.2 Å². The highest BCUT2D eigenvalue weighted by Crippen LogP contribution is 2.14. The maximum absolute atomic E-state index is 12.8. The molecule has 1 atom stereocenters. The second kappa shape index (κ2) is 52.9. The summed E-state index contributed by atoms with van der Waals surface area (Å²) in [6, 6.07) is 0. The van der Waals surface area contributed by atoms with Gasteiger partial charge in [0, 0.05) is 19.3 Å². The molecule has 6 heteroatoms. The standard InChI is InChI=1S/C59H98O6/c1-4-7-10-13-16-19-22-25-27-28-29-30-32-35-37-40-43-46-49-52-58(61)64-55-56(65-59(62)53-50-47-44-41-38-33-24-21-18-15-12-9-6-3)54-63-57(60)51-48-45-42-39-36-34-31-26-23-20-17-14-11-8-5-2/h16-17,19-20,25-27,29-31,35-37,39,43,46,56H,4-15,18,21-24,28,32-34,38,40-42,44-45,47-55H2,1-3H3/b19-16-,20-17-,27-25-,30-29-,31-26-,37-35-,39-36-,46-43-/t56-/m0/s1. The Morgan fingerprint density at radius 1 is 0.308 bits per heavy atom. The molecule has 0 bridgehead atoms. The second-order valence-corrected chi connectivity index (χ2v) is 17.4. The van der Waals surface area contributed by atoms with Crippen LogP contribution in [-0.2, 0) is 28.6 Å². The third-order valence-corrected chi connectivity index (χ3v) is 11.1. The van der Waals surface area contributed by atoms with Crippen molar-refractivity contribution in [2.24, 2.45) is 0 Å². The number of allylic oxidation sites excluding steroid dienone is 16.